The largest absolute Gasteiger partial charge is 1.00 e. The molecule has 0 radical (unpaired) electrons. The van der Waals surface area contributed by atoms with Crippen LogP contribution in [0.15, 0.2) is 69.7 Å². The van der Waals surface area contributed by atoms with Crippen molar-refractivity contribution in [2.24, 2.45) is 10.2 Å². The molecule has 0 bridgehead atoms. The van der Waals surface area contributed by atoms with E-state index in [0.29, 0.717) is 16.5 Å². The van der Waals surface area contributed by atoms with Crippen LogP contribution in [-0.2, 0) is 10.1 Å². The molecule has 6 nitrogen and oxygen atoms in total. The number of fused-ring (bicyclic) bond motifs is 1. The number of azo groups is 1. The Bertz CT molecular complexity index is 1070. The first-order valence-electron chi connectivity index (χ1n) is 7.05. The van der Waals surface area contributed by atoms with Crippen LogP contribution in [0.2, 0.25) is 0 Å². The average Bonchev–Trinajstić information content (AvgIpc) is 2.54. The summed E-state index contributed by atoms with van der Waals surface area (Å²) < 4.78 is 31.6. The first kappa shape index (κ1) is 19.6. The molecule has 122 valence electrons. The van der Waals surface area contributed by atoms with E-state index in [4.69, 9.17) is 4.55 Å². The Balaban J connectivity index is 0.00000225. The zero-order valence-corrected chi connectivity index (χ0v) is 16.5. The predicted molar refractivity (Wildman–Crippen MR) is 88.6 cm³/mol. The minimum Gasteiger partial charge on any atom is -0.871 e. The van der Waals surface area contributed by atoms with E-state index in [1.54, 1.807) is 6.07 Å². The fraction of sp³-hybridized carbons (Fsp3) is 0.0588. The third-order valence-corrected chi connectivity index (χ3v) is 4.45. The van der Waals surface area contributed by atoms with Gasteiger partial charge >= 0.3 is 29.6 Å². The summed E-state index contributed by atoms with van der Waals surface area (Å²) in [6.07, 6.45) is 0. The van der Waals surface area contributed by atoms with Gasteiger partial charge in [0.05, 0.1) is 16.3 Å². The van der Waals surface area contributed by atoms with Gasteiger partial charge in [-0.1, -0.05) is 42.1 Å². The molecule has 1 N–H and O–H groups in total. The number of rotatable bonds is 3. The number of nitrogens with zero attached hydrogens (tertiary/aromatic N) is 2. The van der Waals surface area contributed by atoms with Crippen molar-refractivity contribution >= 4 is 32.3 Å². The van der Waals surface area contributed by atoms with Gasteiger partial charge in [-0.05, 0) is 36.1 Å². The minimum atomic E-state index is -4.31. The van der Waals surface area contributed by atoms with Gasteiger partial charge in [0.15, 0.2) is 0 Å². The molecule has 0 spiro atoms. The Morgan fingerprint density at radius 2 is 1.72 bits per heavy atom. The number of hydrogen-bond acceptors (Lipinski definition) is 5. The molecule has 25 heavy (non-hydrogen) atoms. The van der Waals surface area contributed by atoms with Crippen molar-refractivity contribution in [2.45, 2.75) is 11.8 Å². The van der Waals surface area contributed by atoms with Crippen LogP contribution in [0.5, 0.6) is 5.75 Å². The summed E-state index contributed by atoms with van der Waals surface area (Å²) in [6, 6.07) is 14.1. The van der Waals surface area contributed by atoms with Crippen LogP contribution in [0.1, 0.15) is 5.56 Å². The number of benzene rings is 3. The van der Waals surface area contributed by atoms with Crippen LogP contribution in [0.3, 0.4) is 0 Å². The Kier molecular flexibility index (Phi) is 5.97. The molecular formula is C17H13N2NaO4S. The van der Waals surface area contributed by atoms with Crippen molar-refractivity contribution in [2.75, 3.05) is 0 Å². The molecule has 0 heterocycles. The third-order valence-electron chi connectivity index (χ3n) is 3.60. The first-order valence-corrected chi connectivity index (χ1v) is 8.49. The maximum atomic E-state index is 12.1. The van der Waals surface area contributed by atoms with E-state index in [1.165, 1.54) is 30.3 Å². The summed E-state index contributed by atoms with van der Waals surface area (Å²) in [5.41, 5.74) is 1.68. The molecule has 0 aliphatic heterocycles. The van der Waals surface area contributed by atoms with Gasteiger partial charge in [-0.25, -0.2) is 0 Å². The number of aryl methyl sites for hydroxylation is 1. The summed E-state index contributed by atoms with van der Waals surface area (Å²) in [7, 11) is -4.31. The monoisotopic (exact) mass is 364 g/mol. The van der Waals surface area contributed by atoms with Gasteiger partial charge in [0.2, 0.25) is 0 Å². The van der Waals surface area contributed by atoms with Gasteiger partial charge < -0.3 is 5.11 Å². The summed E-state index contributed by atoms with van der Waals surface area (Å²) in [4.78, 5) is -0.240. The zero-order chi connectivity index (χ0) is 17.3. The topological polar surface area (TPSA) is 102 Å². The molecule has 3 rings (SSSR count). The smallest absolute Gasteiger partial charge is 0.871 e. The Labute approximate surface area is 167 Å². The van der Waals surface area contributed by atoms with E-state index in [9.17, 15) is 13.5 Å². The van der Waals surface area contributed by atoms with E-state index in [1.807, 2.05) is 25.1 Å². The van der Waals surface area contributed by atoms with Crippen LogP contribution < -0.4 is 34.7 Å². The van der Waals surface area contributed by atoms with E-state index in [-0.39, 0.29) is 45.9 Å². The molecule has 0 aliphatic rings. The van der Waals surface area contributed by atoms with Crippen LogP contribution in [0, 0.1) is 6.92 Å². The quantitative estimate of drug-likeness (QED) is 0.423. The van der Waals surface area contributed by atoms with Gasteiger partial charge in [-0.2, -0.15) is 18.6 Å². The normalized spacial score (nSPS) is 11.6. The van der Waals surface area contributed by atoms with Crippen molar-refractivity contribution in [3.05, 3.63) is 60.2 Å². The molecule has 0 aromatic heterocycles. The summed E-state index contributed by atoms with van der Waals surface area (Å²) in [5.74, 6) is -0.320. The summed E-state index contributed by atoms with van der Waals surface area (Å²) in [6.45, 7) is 1.88. The van der Waals surface area contributed by atoms with Crippen LogP contribution in [-0.4, -0.2) is 13.0 Å². The average molecular weight is 364 g/mol. The molecule has 0 fully saturated rings. The molecule has 0 saturated heterocycles. The fourth-order valence-electron chi connectivity index (χ4n) is 2.31. The minimum absolute atomic E-state index is 0. The maximum absolute atomic E-state index is 12.1. The molecule has 3 aromatic rings. The van der Waals surface area contributed by atoms with Crippen molar-refractivity contribution in [3.63, 3.8) is 0 Å². The molecule has 3 aromatic carbocycles. The van der Waals surface area contributed by atoms with Crippen LogP contribution in [0.4, 0.5) is 11.4 Å². The molecular weight excluding hydrogens is 351 g/mol. The Morgan fingerprint density at radius 1 is 1.00 bits per heavy atom. The molecule has 0 saturated carbocycles. The predicted octanol–water partition coefficient (Wildman–Crippen LogP) is 0.888. The van der Waals surface area contributed by atoms with Crippen LogP contribution >= 0.6 is 0 Å². The SMILES string of the molecule is Cc1ccccc1N=Nc1c([O-])ccc2cc(S(=O)(=O)O)ccc12.[Na+]. The van der Waals surface area contributed by atoms with Crippen molar-refractivity contribution in [1.29, 1.82) is 0 Å². The Hall–Kier alpha value is -1.77. The van der Waals surface area contributed by atoms with Gasteiger partial charge in [0, 0.05) is 5.39 Å². The fourth-order valence-corrected chi connectivity index (χ4v) is 2.83. The van der Waals surface area contributed by atoms with Gasteiger partial charge in [0.1, 0.15) is 0 Å². The zero-order valence-electron chi connectivity index (χ0n) is 13.7. The van der Waals surface area contributed by atoms with Crippen molar-refractivity contribution in [1.82, 2.24) is 0 Å². The maximum Gasteiger partial charge on any atom is 1.00 e. The molecule has 0 aliphatic carbocycles. The van der Waals surface area contributed by atoms with E-state index in [0.717, 1.165) is 5.56 Å². The second-order valence-corrected chi connectivity index (χ2v) is 6.68. The molecule has 0 unspecified atom stereocenters. The summed E-state index contributed by atoms with van der Waals surface area (Å²) in [5, 5.41) is 21.2. The molecule has 0 atom stereocenters. The van der Waals surface area contributed by atoms with Crippen molar-refractivity contribution < 1.29 is 47.6 Å². The Morgan fingerprint density at radius 3 is 2.40 bits per heavy atom. The second-order valence-electron chi connectivity index (χ2n) is 5.26. The van der Waals surface area contributed by atoms with Gasteiger partial charge in [0.25, 0.3) is 10.1 Å². The van der Waals surface area contributed by atoms with E-state index < -0.39 is 10.1 Å². The van der Waals surface area contributed by atoms with Gasteiger partial charge in [-0.3, -0.25) is 4.55 Å². The van der Waals surface area contributed by atoms with E-state index in [2.05, 4.69) is 10.2 Å². The van der Waals surface area contributed by atoms with Gasteiger partial charge in [-0.15, -0.1) is 0 Å². The van der Waals surface area contributed by atoms with E-state index >= 15 is 0 Å². The van der Waals surface area contributed by atoms with Crippen molar-refractivity contribution in [3.8, 4) is 5.75 Å². The molecule has 8 heteroatoms. The standard InChI is InChI=1S/C17H14N2O4S.Na/c1-11-4-2-3-5-15(11)18-19-17-14-8-7-13(24(21,22)23)10-12(14)6-9-16(17)20;/h2-10,20H,1H3,(H,21,22,23);/q;+1/p-1. The summed E-state index contributed by atoms with van der Waals surface area (Å²) >= 11 is 0. The van der Waals surface area contributed by atoms with Crippen LogP contribution in [0.25, 0.3) is 10.8 Å². The second kappa shape index (κ2) is 7.63. The third kappa shape index (κ3) is 4.26. The number of hydrogen-bond donors (Lipinski definition) is 1. The first-order chi connectivity index (χ1) is 11.4. The molecule has 0 amide bonds.